The van der Waals surface area contributed by atoms with E-state index in [4.69, 9.17) is 10.00 Å². The molecular formula is C17H15N3O4S. The van der Waals surface area contributed by atoms with Gasteiger partial charge in [-0.2, -0.15) is 5.26 Å². The fraction of sp³-hybridized carbons (Fsp3) is 0.176. The van der Waals surface area contributed by atoms with Crippen molar-refractivity contribution in [3.05, 3.63) is 54.1 Å². The van der Waals surface area contributed by atoms with Gasteiger partial charge in [0.05, 0.1) is 28.8 Å². The van der Waals surface area contributed by atoms with Crippen LogP contribution in [0.25, 0.3) is 0 Å². The number of ether oxygens (including phenoxy) is 1. The van der Waals surface area contributed by atoms with Crippen molar-refractivity contribution < 1.29 is 17.9 Å². The van der Waals surface area contributed by atoms with Gasteiger partial charge in [-0.05, 0) is 36.4 Å². The summed E-state index contributed by atoms with van der Waals surface area (Å²) in [6.45, 7) is -0.140. The van der Waals surface area contributed by atoms with Crippen LogP contribution in [0.3, 0.4) is 0 Å². The number of benzene rings is 2. The SMILES string of the molecule is CNC(=O)[C@@H]1CN(S(=O)(=O)c2ccc(C#N)cc2)c2ccccc2O1. The molecule has 8 heteroatoms. The zero-order valence-electron chi connectivity index (χ0n) is 13.3. The first-order valence-electron chi connectivity index (χ1n) is 7.47. The van der Waals surface area contributed by atoms with E-state index in [2.05, 4.69) is 5.32 Å². The van der Waals surface area contributed by atoms with Crippen LogP contribution in [0.15, 0.2) is 53.4 Å². The van der Waals surface area contributed by atoms with Gasteiger partial charge in [-0.1, -0.05) is 12.1 Å². The molecule has 0 aromatic heterocycles. The van der Waals surface area contributed by atoms with E-state index in [1.807, 2.05) is 6.07 Å². The van der Waals surface area contributed by atoms with Gasteiger partial charge in [-0.15, -0.1) is 0 Å². The number of rotatable bonds is 3. The Morgan fingerprint density at radius 1 is 1.24 bits per heavy atom. The van der Waals surface area contributed by atoms with E-state index < -0.39 is 22.0 Å². The third kappa shape index (κ3) is 3.02. The lowest BCUT2D eigenvalue weighted by Crippen LogP contribution is -2.50. The number of hydrogen-bond acceptors (Lipinski definition) is 5. The molecule has 25 heavy (non-hydrogen) atoms. The molecule has 128 valence electrons. The fourth-order valence-electron chi connectivity index (χ4n) is 2.56. The molecule has 0 spiro atoms. The first-order chi connectivity index (χ1) is 12.0. The number of carbonyl (C=O) groups is 1. The van der Waals surface area contributed by atoms with Crippen molar-refractivity contribution in [3.63, 3.8) is 0 Å². The molecule has 0 saturated heterocycles. The third-order valence-corrected chi connectivity index (χ3v) is 5.64. The van der Waals surface area contributed by atoms with Crippen molar-refractivity contribution in [2.75, 3.05) is 17.9 Å². The summed E-state index contributed by atoms with van der Waals surface area (Å²) in [6, 6.07) is 14.2. The highest BCUT2D eigenvalue weighted by Crippen LogP contribution is 2.36. The topological polar surface area (TPSA) is 99.5 Å². The van der Waals surface area contributed by atoms with Crippen LogP contribution in [0.2, 0.25) is 0 Å². The van der Waals surface area contributed by atoms with E-state index in [1.54, 1.807) is 24.3 Å². The highest BCUT2D eigenvalue weighted by molar-refractivity contribution is 7.92. The Morgan fingerprint density at radius 2 is 1.92 bits per heavy atom. The highest BCUT2D eigenvalue weighted by Gasteiger charge is 2.37. The van der Waals surface area contributed by atoms with Gasteiger partial charge in [0.2, 0.25) is 0 Å². The van der Waals surface area contributed by atoms with Gasteiger partial charge in [-0.25, -0.2) is 8.42 Å². The molecular weight excluding hydrogens is 342 g/mol. The number of hydrogen-bond donors (Lipinski definition) is 1. The maximum Gasteiger partial charge on any atom is 0.264 e. The molecule has 0 saturated carbocycles. The second-order valence-electron chi connectivity index (χ2n) is 5.36. The molecule has 0 unspecified atom stereocenters. The predicted molar refractivity (Wildman–Crippen MR) is 90.6 cm³/mol. The summed E-state index contributed by atoms with van der Waals surface area (Å²) in [5.41, 5.74) is 0.733. The van der Waals surface area contributed by atoms with Crippen molar-refractivity contribution in [2.45, 2.75) is 11.0 Å². The minimum atomic E-state index is -3.91. The molecule has 1 heterocycles. The lowest BCUT2D eigenvalue weighted by molar-refractivity contribution is -0.127. The van der Waals surface area contributed by atoms with Crippen LogP contribution in [0.4, 0.5) is 5.69 Å². The Labute approximate surface area is 145 Å². The van der Waals surface area contributed by atoms with E-state index in [0.29, 0.717) is 17.0 Å². The molecule has 7 nitrogen and oxygen atoms in total. The summed E-state index contributed by atoms with van der Waals surface area (Å²) < 4.78 is 32.9. The van der Waals surface area contributed by atoms with E-state index in [1.165, 1.54) is 31.3 Å². The van der Waals surface area contributed by atoms with Crippen molar-refractivity contribution in [2.24, 2.45) is 0 Å². The summed E-state index contributed by atoms with van der Waals surface area (Å²) in [5.74, 6) is -0.0888. The summed E-state index contributed by atoms with van der Waals surface area (Å²) in [5, 5.41) is 11.3. The maximum atomic E-state index is 13.1. The molecule has 1 N–H and O–H groups in total. The number of carbonyl (C=O) groups excluding carboxylic acids is 1. The standard InChI is InChI=1S/C17H15N3O4S/c1-19-17(21)16-11-20(14-4-2-3-5-15(14)24-16)25(22,23)13-8-6-12(10-18)7-9-13/h2-9,16H,11H2,1H3,(H,19,21)/t16-/m0/s1. The largest absolute Gasteiger partial charge is 0.476 e. The Balaban J connectivity index is 2.06. The predicted octanol–water partition coefficient (Wildman–Crippen LogP) is 1.26. The minimum absolute atomic E-state index is 0.0406. The van der Waals surface area contributed by atoms with Crippen LogP contribution in [0, 0.1) is 11.3 Å². The first-order valence-corrected chi connectivity index (χ1v) is 8.91. The number of fused-ring (bicyclic) bond motifs is 1. The molecule has 2 aromatic carbocycles. The lowest BCUT2D eigenvalue weighted by atomic mass is 10.2. The number of nitriles is 1. The maximum absolute atomic E-state index is 13.1. The average Bonchev–Trinajstić information content (AvgIpc) is 2.66. The van der Waals surface area contributed by atoms with Crippen LogP contribution in [0.1, 0.15) is 5.56 Å². The quantitative estimate of drug-likeness (QED) is 0.891. The molecule has 0 aliphatic carbocycles. The van der Waals surface area contributed by atoms with E-state index in [0.717, 1.165) is 4.31 Å². The van der Waals surface area contributed by atoms with E-state index >= 15 is 0 Å². The Hall–Kier alpha value is -3.05. The van der Waals surface area contributed by atoms with Gasteiger partial charge in [0, 0.05) is 7.05 Å². The Bertz CT molecular complexity index is 949. The van der Waals surface area contributed by atoms with Gasteiger partial charge < -0.3 is 10.1 Å². The second kappa shape index (κ2) is 6.45. The minimum Gasteiger partial charge on any atom is -0.476 e. The number of amides is 1. The lowest BCUT2D eigenvalue weighted by Gasteiger charge is -2.34. The van der Waals surface area contributed by atoms with Crippen LogP contribution in [-0.2, 0) is 14.8 Å². The summed E-state index contributed by atoms with van der Waals surface area (Å²) in [4.78, 5) is 12.0. The summed E-state index contributed by atoms with van der Waals surface area (Å²) in [6.07, 6.45) is -0.951. The van der Waals surface area contributed by atoms with Crippen LogP contribution < -0.4 is 14.4 Å². The summed E-state index contributed by atoms with van der Waals surface area (Å²) >= 11 is 0. The van der Waals surface area contributed by atoms with Crippen molar-refractivity contribution in [1.82, 2.24) is 5.32 Å². The summed E-state index contributed by atoms with van der Waals surface area (Å²) in [7, 11) is -2.45. The van der Waals surface area contributed by atoms with Gasteiger partial charge >= 0.3 is 0 Å². The van der Waals surface area contributed by atoms with E-state index in [9.17, 15) is 13.2 Å². The molecule has 1 aliphatic heterocycles. The fourth-order valence-corrected chi connectivity index (χ4v) is 4.03. The average molecular weight is 357 g/mol. The number of sulfonamides is 1. The number of nitrogens with zero attached hydrogens (tertiary/aromatic N) is 2. The van der Waals surface area contributed by atoms with Crippen molar-refractivity contribution >= 4 is 21.6 Å². The van der Waals surface area contributed by atoms with Crippen LogP contribution >= 0.6 is 0 Å². The number of anilines is 1. The highest BCUT2D eigenvalue weighted by atomic mass is 32.2. The van der Waals surface area contributed by atoms with Crippen molar-refractivity contribution in [1.29, 1.82) is 5.26 Å². The zero-order valence-corrected chi connectivity index (χ0v) is 14.2. The second-order valence-corrected chi connectivity index (χ2v) is 7.22. The van der Waals surface area contributed by atoms with Gasteiger partial charge in [0.25, 0.3) is 15.9 Å². The monoisotopic (exact) mass is 357 g/mol. The molecule has 2 aromatic rings. The molecule has 0 radical (unpaired) electrons. The van der Waals surface area contributed by atoms with Gasteiger partial charge in [0.15, 0.2) is 6.10 Å². The Kier molecular flexibility index (Phi) is 4.33. The molecule has 0 fully saturated rings. The molecule has 1 aliphatic rings. The first kappa shape index (κ1) is 16.8. The Morgan fingerprint density at radius 3 is 2.56 bits per heavy atom. The normalized spacial score (nSPS) is 16.3. The van der Waals surface area contributed by atoms with Crippen LogP contribution in [-0.4, -0.2) is 34.0 Å². The number of likely N-dealkylation sites (N-methyl/N-ethyl adjacent to an activating group) is 1. The number of para-hydroxylation sites is 2. The van der Waals surface area contributed by atoms with E-state index in [-0.39, 0.29) is 11.4 Å². The smallest absolute Gasteiger partial charge is 0.264 e. The molecule has 1 atom stereocenters. The number of nitrogens with one attached hydrogen (secondary N) is 1. The molecule has 3 rings (SSSR count). The van der Waals surface area contributed by atoms with Gasteiger partial charge in [-0.3, -0.25) is 9.10 Å². The van der Waals surface area contributed by atoms with Crippen LogP contribution in [0.5, 0.6) is 5.75 Å². The third-order valence-electron chi connectivity index (χ3n) is 3.85. The molecule has 0 bridgehead atoms. The molecule has 1 amide bonds. The van der Waals surface area contributed by atoms with Crippen molar-refractivity contribution in [3.8, 4) is 11.8 Å². The van der Waals surface area contributed by atoms with Gasteiger partial charge in [0.1, 0.15) is 5.75 Å². The zero-order chi connectivity index (χ0) is 18.0.